The highest BCUT2D eigenvalue weighted by Crippen LogP contribution is 2.19. The number of carbonyl (C=O) groups excluding carboxylic acids is 1. The van der Waals surface area contributed by atoms with Crippen LogP contribution in [0, 0.1) is 0 Å². The molecule has 0 fully saturated rings. The lowest BCUT2D eigenvalue weighted by atomic mass is 10.1. The number of nitrogens with zero attached hydrogens (tertiary/aromatic N) is 1. The predicted molar refractivity (Wildman–Crippen MR) is 104 cm³/mol. The van der Waals surface area contributed by atoms with E-state index in [4.69, 9.17) is 11.6 Å². The molecule has 0 bridgehead atoms. The van der Waals surface area contributed by atoms with Gasteiger partial charge in [0.2, 0.25) is 10.0 Å². The molecule has 0 aliphatic rings. The van der Waals surface area contributed by atoms with E-state index < -0.39 is 10.0 Å². The van der Waals surface area contributed by atoms with Gasteiger partial charge in [0, 0.05) is 30.2 Å². The molecular weight excluding hydrogens is 372 g/mol. The molecule has 7 heteroatoms. The average Bonchev–Trinajstić information content (AvgIpc) is 2.62. The number of benzene rings is 2. The second kappa shape index (κ2) is 8.66. The third-order valence-corrected chi connectivity index (χ3v) is 6.20. The average molecular weight is 395 g/mol. The minimum atomic E-state index is -3.60. The third-order valence-electron chi connectivity index (χ3n) is 4.13. The molecule has 0 saturated heterocycles. The largest absolute Gasteiger partial charge is 0.350 e. The van der Waals surface area contributed by atoms with Crippen LogP contribution >= 0.6 is 11.6 Å². The number of carbonyl (C=O) groups is 1. The van der Waals surface area contributed by atoms with Gasteiger partial charge in [-0.1, -0.05) is 30.7 Å². The van der Waals surface area contributed by atoms with Crippen molar-refractivity contribution >= 4 is 27.5 Å². The van der Waals surface area contributed by atoms with E-state index in [2.05, 4.69) is 5.32 Å². The molecular formula is C19H23ClN2O3S. The summed E-state index contributed by atoms with van der Waals surface area (Å²) in [6, 6.07) is 13.1. The summed E-state index contributed by atoms with van der Waals surface area (Å²) in [5.41, 5.74) is 1.35. The molecule has 2 aromatic rings. The van der Waals surface area contributed by atoms with Gasteiger partial charge in [-0.05, 0) is 55.3 Å². The Morgan fingerprint density at radius 2 is 1.69 bits per heavy atom. The normalized spacial score (nSPS) is 12.8. The van der Waals surface area contributed by atoms with E-state index in [1.54, 1.807) is 36.4 Å². The van der Waals surface area contributed by atoms with Crippen molar-refractivity contribution in [3.63, 3.8) is 0 Å². The standard InChI is InChI=1S/C19H23ClN2O3S/c1-4-14(2)21-19(23)16-7-5-15(6-8-16)13-22(3)26(24,25)18-11-9-17(20)10-12-18/h5-12,14H,4,13H2,1-3H3,(H,21,23). The smallest absolute Gasteiger partial charge is 0.251 e. The number of hydrogen-bond donors (Lipinski definition) is 1. The summed E-state index contributed by atoms with van der Waals surface area (Å²) in [7, 11) is -2.08. The fourth-order valence-corrected chi connectivity index (χ4v) is 3.58. The summed E-state index contributed by atoms with van der Waals surface area (Å²) in [6.07, 6.45) is 0.858. The van der Waals surface area contributed by atoms with Crippen molar-refractivity contribution in [2.75, 3.05) is 7.05 Å². The quantitative estimate of drug-likeness (QED) is 0.778. The predicted octanol–water partition coefficient (Wildman–Crippen LogP) is 3.69. The monoisotopic (exact) mass is 394 g/mol. The zero-order valence-corrected chi connectivity index (χ0v) is 16.6. The molecule has 0 radical (unpaired) electrons. The second-order valence-electron chi connectivity index (χ2n) is 6.19. The Morgan fingerprint density at radius 1 is 1.12 bits per heavy atom. The Kier molecular flexibility index (Phi) is 6.81. The van der Waals surface area contributed by atoms with E-state index in [0.29, 0.717) is 10.6 Å². The van der Waals surface area contributed by atoms with Gasteiger partial charge in [-0.2, -0.15) is 4.31 Å². The van der Waals surface area contributed by atoms with E-state index in [1.165, 1.54) is 23.5 Å². The molecule has 1 amide bonds. The van der Waals surface area contributed by atoms with Crippen LogP contribution in [0.5, 0.6) is 0 Å². The first-order chi connectivity index (χ1) is 12.2. The third kappa shape index (κ3) is 5.06. The first kappa shape index (κ1) is 20.4. The fourth-order valence-electron chi connectivity index (χ4n) is 2.30. The minimum absolute atomic E-state index is 0.109. The topological polar surface area (TPSA) is 66.5 Å². The summed E-state index contributed by atoms with van der Waals surface area (Å²) < 4.78 is 26.5. The molecule has 0 heterocycles. The van der Waals surface area contributed by atoms with Crippen LogP contribution in [-0.4, -0.2) is 31.7 Å². The number of nitrogens with one attached hydrogen (secondary N) is 1. The number of hydrogen-bond acceptors (Lipinski definition) is 3. The molecule has 1 atom stereocenters. The maximum atomic E-state index is 12.6. The number of halogens is 1. The van der Waals surface area contributed by atoms with Gasteiger partial charge in [-0.25, -0.2) is 8.42 Å². The second-order valence-corrected chi connectivity index (χ2v) is 8.68. The summed E-state index contributed by atoms with van der Waals surface area (Å²) in [6.45, 7) is 4.16. The van der Waals surface area contributed by atoms with Crippen LogP contribution in [0.15, 0.2) is 53.4 Å². The molecule has 1 unspecified atom stereocenters. The van der Waals surface area contributed by atoms with E-state index in [9.17, 15) is 13.2 Å². The highest BCUT2D eigenvalue weighted by Gasteiger charge is 2.21. The van der Waals surface area contributed by atoms with Crippen molar-refractivity contribution in [1.29, 1.82) is 0 Å². The SMILES string of the molecule is CCC(C)NC(=O)c1ccc(CN(C)S(=O)(=O)c2ccc(Cl)cc2)cc1. The van der Waals surface area contributed by atoms with Crippen LogP contribution in [0.25, 0.3) is 0 Å². The Morgan fingerprint density at radius 3 is 2.23 bits per heavy atom. The number of sulfonamides is 1. The van der Waals surface area contributed by atoms with Crippen molar-refractivity contribution in [1.82, 2.24) is 9.62 Å². The van der Waals surface area contributed by atoms with E-state index in [1.807, 2.05) is 13.8 Å². The number of amides is 1. The summed E-state index contributed by atoms with van der Waals surface area (Å²) in [4.78, 5) is 12.3. The zero-order valence-electron chi connectivity index (χ0n) is 15.1. The summed E-state index contributed by atoms with van der Waals surface area (Å²) in [5, 5.41) is 3.38. The number of rotatable bonds is 7. The van der Waals surface area contributed by atoms with Crippen LogP contribution in [0.2, 0.25) is 5.02 Å². The molecule has 5 nitrogen and oxygen atoms in total. The fraction of sp³-hybridized carbons (Fsp3) is 0.316. The molecule has 2 aromatic carbocycles. The summed E-state index contributed by atoms with van der Waals surface area (Å²) in [5.74, 6) is -0.131. The van der Waals surface area contributed by atoms with Gasteiger partial charge in [-0.15, -0.1) is 0 Å². The summed E-state index contributed by atoms with van der Waals surface area (Å²) >= 11 is 5.81. The van der Waals surface area contributed by atoms with Gasteiger partial charge in [-0.3, -0.25) is 4.79 Å². The molecule has 0 saturated carbocycles. The minimum Gasteiger partial charge on any atom is -0.350 e. The lowest BCUT2D eigenvalue weighted by Crippen LogP contribution is -2.31. The van der Waals surface area contributed by atoms with Crippen LogP contribution in [0.4, 0.5) is 0 Å². The molecule has 0 aromatic heterocycles. The van der Waals surface area contributed by atoms with Gasteiger partial charge in [0.25, 0.3) is 5.91 Å². The highest BCUT2D eigenvalue weighted by atomic mass is 35.5. The maximum absolute atomic E-state index is 12.6. The van der Waals surface area contributed by atoms with Crippen molar-refractivity contribution in [2.24, 2.45) is 0 Å². The van der Waals surface area contributed by atoms with Crippen molar-refractivity contribution in [3.8, 4) is 0 Å². The molecule has 1 N–H and O–H groups in total. The first-order valence-electron chi connectivity index (χ1n) is 8.35. The van der Waals surface area contributed by atoms with Crippen LogP contribution in [0.3, 0.4) is 0 Å². The molecule has 0 aliphatic carbocycles. The molecule has 0 spiro atoms. The molecule has 140 valence electrons. The highest BCUT2D eigenvalue weighted by molar-refractivity contribution is 7.89. The first-order valence-corrected chi connectivity index (χ1v) is 10.2. The van der Waals surface area contributed by atoms with E-state index >= 15 is 0 Å². The van der Waals surface area contributed by atoms with Crippen molar-refractivity contribution in [3.05, 3.63) is 64.7 Å². The van der Waals surface area contributed by atoms with Gasteiger partial charge in [0.1, 0.15) is 0 Å². The Hall–Kier alpha value is -1.89. The molecule has 0 aliphatic heterocycles. The van der Waals surface area contributed by atoms with Crippen LogP contribution < -0.4 is 5.32 Å². The van der Waals surface area contributed by atoms with Gasteiger partial charge in [0.05, 0.1) is 4.90 Å². The lowest BCUT2D eigenvalue weighted by Gasteiger charge is -2.17. The van der Waals surface area contributed by atoms with Gasteiger partial charge < -0.3 is 5.32 Å². The molecule has 2 rings (SSSR count). The van der Waals surface area contributed by atoms with Crippen LogP contribution in [0.1, 0.15) is 36.2 Å². The van der Waals surface area contributed by atoms with Crippen molar-refractivity contribution < 1.29 is 13.2 Å². The lowest BCUT2D eigenvalue weighted by molar-refractivity contribution is 0.0939. The van der Waals surface area contributed by atoms with Crippen molar-refractivity contribution in [2.45, 2.75) is 37.8 Å². The van der Waals surface area contributed by atoms with E-state index in [-0.39, 0.29) is 23.4 Å². The van der Waals surface area contributed by atoms with Gasteiger partial charge in [0.15, 0.2) is 0 Å². The maximum Gasteiger partial charge on any atom is 0.251 e. The van der Waals surface area contributed by atoms with Gasteiger partial charge >= 0.3 is 0 Å². The molecule has 26 heavy (non-hydrogen) atoms. The van der Waals surface area contributed by atoms with E-state index in [0.717, 1.165) is 12.0 Å². The zero-order chi connectivity index (χ0) is 19.3. The Bertz CT molecular complexity index is 849. The Labute approximate surface area is 160 Å². The van der Waals surface area contributed by atoms with Crippen LogP contribution in [-0.2, 0) is 16.6 Å². The Balaban J connectivity index is 2.08.